The van der Waals surface area contributed by atoms with E-state index < -0.39 is 86.1 Å². The van der Waals surface area contributed by atoms with Crippen LogP contribution in [0.5, 0.6) is 0 Å². The number of rotatable bonds is 15. The van der Waals surface area contributed by atoms with E-state index in [1.54, 1.807) is 19.6 Å². The van der Waals surface area contributed by atoms with E-state index in [1.807, 2.05) is 12.2 Å². The first-order chi connectivity index (χ1) is 28.0. The summed E-state index contributed by atoms with van der Waals surface area (Å²) in [6.07, 6.45) is -4.38. The first-order valence-corrected chi connectivity index (χ1v) is 30.4. The second kappa shape index (κ2) is 17.8. The van der Waals surface area contributed by atoms with E-state index in [9.17, 15) is 26.3 Å². The lowest BCUT2D eigenvalue weighted by molar-refractivity contribution is -0.340. The summed E-state index contributed by atoms with van der Waals surface area (Å²) in [5.74, 6) is -0.755. The molecule has 0 aliphatic heterocycles. The second-order valence-corrected chi connectivity index (χ2v) is 34.4. The van der Waals surface area contributed by atoms with Crippen molar-refractivity contribution >= 4 is 25.0 Å². The van der Waals surface area contributed by atoms with Gasteiger partial charge in [0.25, 0.3) is 5.60 Å². The Morgan fingerprint density at radius 1 is 0.912 bits per heavy atom. The van der Waals surface area contributed by atoms with Crippen molar-refractivity contribution in [1.29, 1.82) is 0 Å². The number of allylic oxidation sites excluding steroid dienone is 5. The molecule has 0 radical (unpaired) electrons. The molecule has 3 rings (SSSR count). The molecule has 0 aromatic heterocycles. The lowest BCUT2D eigenvalue weighted by Crippen LogP contribution is -2.61. The number of hydrogen-bond acceptors (Lipinski definition) is 3. The Morgan fingerprint density at radius 3 is 2.04 bits per heavy atom. The minimum Gasteiger partial charge on any atom is -0.413 e. The summed E-state index contributed by atoms with van der Waals surface area (Å²) < 4.78 is 171. The highest BCUT2D eigenvalue weighted by Gasteiger charge is 2.71. The first kappa shape index (κ1) is 41.4. The fourth-order valence-electron chi connectivity index (χ4n) is 9.22. The van der Waals surface area contributed by atoms with Crippen LogP contribution in [-0.2, 0) is 13.3 Å². The highest BCUT2D eigenvalue weighted by atomic mass is 28.4. The van der Waals surface area contributed by atoms with Crippen LogP contribution in [0, 0.1) is 23.2 Å². The van der Waals surface area contributed by atoms with Gasteiger partial charge in [0, 0.05) is 14.6 Å². The zero-order valence-electron chi connectivity index (χ0n) is 42.6. The van der Waals surface area contributed by atoms with Crippen LogP contribution in [0.25, 0.3) is 0 Å². The molecular weight excluding hydrogens is 794 g/mol. The van der Waals surface area contributed by atoms with Crippen LogP contribution in [0.15, 0.2) is 47.6 Å². The van der Waals surface area contributed by atoms with E-state index in [2.05, 4.69) is 47.4 Å². The Hall–Kier alpha value is -0.999. The van der Waals surface area contributed by atoms with E-state index in [0.29, 0.717) is 24.8 Å². The maximum Gasteiger partial charge on any atom is 0.429 e. The first-order valence-electron chi connectivity index (χ1n) is 23.7. The summed E-state index contributed by atoms with van der Waals surface area (Å²) in [4.78, 5) is 0. The predicted octanol–water partition coefficient (Wildman–Crippen LogP) is 15.2. The van der Waals surface area contributed by atoms with Gasteiger partial charge >= 0.3 is 12.4 Å². The third-order valence-electron chi connectivity index (χ3n) is 12.8. The van der Waals surface area contributed by atoms with Crippen molar-refractivity contribution in [3.63, 3.8) is 0 Å². The van der Waals surface area contributed by atoms with Crippen molar-refractivity contribution in [1.82, 2.24) is 0 Å². The highest BCUT2D eigenvalue weighted by Crippen LogP contribution is 2.61. The SMILES string of the molecule is [2H]C([2H])([2H])C(CCC[C@@H](C/C=C/C(O[Si](C)(C)C)(C(F)(F)F)C(F)(F)F)[C@H]1CC[C@H]2/C(=C/C=C3/C[C@@H](O[Si](C)(C)C(C)(C)C)C[C@H](F)C3=C)CCC[C@]12C)(O[Si](C)(C)C)C([2H])([2H])[2H]. The van der Waals surface area contributed by atoms with Gasteiger partial charge < -0.3 is 13.3 Å². The van der Waals surface area contributed by atoms with E-state index in [1.165, 1.54) is 19.6 Å². The Kier molecular flexibility index (Phi) is 12.9. The van der Waals surface area contributed by atoms with Gasteiger partial charge in [0.05, 0.1) is 11.7 Å². The minimum absolute atomic E-state index is 0.00841. The topological polar surface area (TPSA) is 27.7 Å². The summed E-state index contributed by atoms with van der Waals surface area (Å²) in [6, 6.07) is 0. The molecule has 0 spiro atoms. The van der Waals surface area contributed by atoms with Crippen molar-refractivity contribution in [2.24, 2.45) is 23.2 Å². The van der Waals surface area contributed by atoms with Crippen LogP contribution in [0.1, 0.15) is 120 Å². The van der Waals surface area contributed by atoms with Crippen LogP contribution >= 0.6 is 0 Å². The molecule has 3 fully saturated rings. The molecule has 0 heterocycles. The summed E-state index contributed by atoms with van der Waals surface area (Å²) in [7, 11) is -8.46. The highest BCUT2D eigenvalue weighted by molar-refractivity contribution is 6.74. The number of hydrogen-bond donors (Lipinski definition) is 0. The van der Waals surface area contributed by atoms with Crippen LogP contribution in [0.2, 0.25) is 57.4 Å². The summed E-state index contributed by atoms with van der Waals surface area (Å²) in [5, 5.41) is -0.0598. The fraction of sp³-hybridized carbons (Fsp3) is 0.818. The van der Waals surface area contributed by atoms with Gasteiger partial charge in [0.2, 0.25) is 0 Å². The lowest BCUT2D eigenvalue weighted by atomic mass is 9.60. The molecule has 3 saturated carbocycles. The smallest absolute Gasteiger partial charge is 0.413 e. The quantitative estimate of drug-likeness (QED) is 0.0932. The molecule has 57 heavy (non-hydrogen) atoms. The van der Waals surface area contributed by atoms with Gasteiger partial charge in [0.15, 0.2) is 25.0 Å². The molecule has 0 aromatic carbocycles. The average Bonchev–Trinajstić information content (AvgIpc) is 3.40. The molecular formula is C44H75F7O3Si3. The summed E-state index contributed by atoms with van der Waals surface area (Å²) in [6.45, 7) is 19.6. The molecule has 0 saturated heterocycles. The molecule has 0 aromatic rings. The van der Waals surface area contributed by atoms with Crippen LogP contribution in [0.4, 0.5) is 30.7 Å². The monoisotopic (exact) mass is 875 g/mol. The zero-order chi connectivity index (χ0) is 48.8. The molecule has 0 unspecified atom stereocenters. The Labute approximate surface area is 352 Å². The number of alkyl halides is 7. The standard InChI is InChI=1S/C44H75F7O3Si3/c1-31-34(29-35(30-38(31)45)52-57(14,15)39(2,3)4)23-22-33-20-17-27-41(7)36(24-25-37(33)41)32(19-16-26-40(5,6)53-55(8,9)10)21-18-28-42(43(46,47)48,44(49,50)51)54-56(11,12)13/h18,22-23,28,32,35-38H,1,16-17,19-21,24-27,29-30H2,2-15H3/b28-18+,33-22+,34-23-/t32-,35+,36+,37-,38-,41+/m0/s1/i5D3,6D3. The fourth-order valence-corrected chi connectivity index (χ4v) is 13.0. The van der Waals surface area contributed by atoms with Crippen LogP contribution < -0.4 is 0 Å². The third kappa shape index (κ3) is 12.8. The van der Waals surface area contributed by atoms with Gasteiger partial charge in [-0.2, -0.15) is 26.3 Å². The molecule has 330 valence electrons. The average molecular weight is 875 g/mol. The third-order valence-corrected chi connectivity index (χ3v) is 19.2. The number of fused-ring (bicyclic) bond motifs is 1. The van der Waals surface area contributed by atoms with E-state index in [4.69, 9.17) is 21.5 Å². The predicted molar refractivity (Wildman–Crippen MR) is 229 cm³/mol. The van der Waals surface area contributed by atoms with Gasteiger partial charge in [-0.15, -0.1) is 0 Å². The summed E-state index contributed by atoms with van der Waals surface area (Å²) in [5.41, 5.74) is -5.17. The molecule has 6 atom stereocenters. The van der Waals surface area contributed by atoms with Crippen molar-refractivity contribution in [2.45, 2.75) is 205 Å². The van der Waals surface area contributed by atoms with Gasteiger partial charge in [0.1, 0.15) is 6.17 Å². The van der Waals surface area contributed by atoms with E-state index >= 15 is 4.39 Å². The molecule has 3 aliphatic rings. The molecule has 0 N–H and O–H groups in total. The van der Waals surface area contributed by atoms with E-state index in [0.717, 1.165) is 36.5 Å². The Bertz CT molecular complexity index is 1660. The van der Waals surface area contributed by atoms with Gasteiger partial charge in [-0.05, 0) is 169 Å². The van der Waals surface area contributed by atoms with Crippen molar-refractivity contribution in [2.75, 3.05) is 0 Å². The van der Waals surface area contributed by atoms with E-state index in [-0.39, 0.29) is 54.7 Å². The minimum atomic E-state index is -5.82. The van der Waals surface area contributed by atoms with Gasteiger partial charge in [-0.1, -0.05) is 64.5 Å². The zero-order valence-corrected chi connectivity index (χ0v) is 39.6. The maximum atomic E-state index is 15.5. The number of halogens is 7. The summed E-state index contributed by atoms with van der Waals surface area (Å²) >= 11 is 0. The Balaban J connectivity index is 2.09. The van der Waals surface area contributed by atoms with Crippen LogP contribution in [0.3, 0.4) is 0 Å². The van der Waals surface area contributed by atoms with Crippen molar-refractivity contribution in [3.8, 4) is 0 Å². The second-order valence-electron chi connectivity index (χ2n) is 20.7. The van der Waals surface area contributed by atoms with Crippen LogP contribution in [-0.4, -0.2) is 60.8 Å². The van der Waals surface area contributed by atoms with Gasteiger partial charge in [-0.25, -0.2) is 4.39 Å². The Morgan fingerprint density at radius 2 is 1.51 bits per heavy atom. The lowest BCUT2D eigenvalue weighted by Gasteiger charge is -2.45. The van der Waals surface area contributed by atoms with Crippen molar-refractivity contribution < 1.29 is 52.2 Å². The largest absolute Gasteiger partial charge is 0.429 e. The maximum absolute atomic E-state index is 15.5. The molecule has 0 amide bonds. The molecule has 3 nitrogen and oxygen atoms in total. The normalized spacial score (nSPS) is 30.5. The molecule has 3 aliphatic carbocycles. The van der Waals surface area contributed by atoms with Crippen molar-refractivity contribution in [3.05, 3.63) is 47.6 Å². The molecule has 13 heteroatoms. The van der Waals surface area contributed by atoms with Gasteiger partial charge in [-0.3, -0.25) is 0 Å². The molecule has 0 bridgehead atoms.